The second-order valence-corrected chi connectivity index (χ2v) is 3.25. The first-order valence-corrected chi connectivity index (χ1v) is 5.36. The summed E-state index contributed by atoms with van der Waals surface area (Å²) in [5, 5.41) is 3.19. The van der Waals surface area contributed by atoms with Gasteiger partial charge in [-0.2, -0.15) is 0 Å². The van der Waals surface area contributed by atoms with Crippen molar-refractivity contribution in [2.24, 2.45) is 0 Å². The fourth-order valence-electron chi connectivity index (χ4n) is 1.28. The molecule has 0 saturated carbocycles. The van der Waals surface area contributed by atoms with Gasteiger partial charge in [0.15, 0.2) is 0 Å². The van der Waals surface area contributed by atoms with Gasteiger partial charge in [-0.3, -0.25) is 0 Å². The molecule has 0 heterocycles. The quantitative estimate of drug-likeness (QED) is 0.717. The average molecular weight is 225 g/mol. The normalized spacial score (nSPS) is 9.94. The molecule has 0 spiro atoms. The Morgan fingerprint density at radius 3 is 2.06 bits per heavy atom. The molecule has 1 N–H and O–H groups in total. The first kappa shape index (κ1) is 12.6. The molecule has 0 amide bonds. The summed E-state index contributed by atoms with van der Waals surface area (Å²) in [6, 6.07) is 5.50. The predicted octanol–water partition coefficient (Wildman–Crippen LogP) is 1.69. The molecule has 0 aromatic heterocycles. The lowest BCUT2D eigenvalue weighted by Crippen LogP contribution is -2.20. The Labute approximate surface area is 96.5 Å². The molecule has 0 atom stereocenters. The summed E-state index contributed by atoms with van der Waals surface area (Å²) in [4.78, 5) is 0. The van der Waals surface area contributed by atoms with Crippen LogP contribution in [0.1, 0.15) is 6.92 Å². The van der Waals surface area contributed by atoms with Crippen LogP contribution in [0.3, 0.4) is 0 Å². The van der Waals surface area contributed by atoms with Crippen molar-refractivity contribution < 1.29 is 14.2 Å². The van der Waals surface area contributed by atoms with Gasteiger partial charge in [-0.25, -0.2) is 0 Å². The van der Waals surface area contributed by atoms with Crippen LogP contribution in [0.4, 0.5) is 0 Å². The maximum Gasteiger partial charge on any atom is 0.126 e. The highest BCUT2D eigenvalue weighted by Gasteiger charge is 2.02. The molecule has 1 aromatic carbocycles. The molecule has 4 heteroatoms. The molecule has 0 aliphatic rings. The van der Waals surface area contributed by atoms with Gasteiger partial charge in [0.2, 0.25) is 0 Å². The Balaban J connectivity index is 2.57. The van der Waals surface area contributed by atoms with Crippen LogP contribution in [0.25, 0.3) is 0 Å². The second-order valence-electron chi connectivity index (χ2n) is 3.25. The van der Waals surface area contributed by atoms with E-state index in [0.29, 0.717) is 6.61 Å². The largest absolute Gasteiger partial charge is 0.496 e. The third-order valence-electron chi connectivity index (χ3n) is 2.12. The zero-order chi connectivity index (χ0) is 11.8. The van der Waals surface area contributed by atoms with Crippen LogP contribution >= 0.6 is 0 Å². The van der Waals surface area contributed by atoms with E-state index in [2.05, 4.69) is 12.2 Å². The van der Waals surface area contributed by atoms with Crippen molar-refractivity contribution in [2.45, 2.75) is 6.92 Å². The van der Waals surface area contributed by atoms with E-state index in [4.69, 9.17) is 14.2 Å². The molecular weight excluding hydrogens is 206 g/mol. The molecule has 0 unspecified atom stereocenters. The standard InChI is InChI=1S/C12H19NO3/c1-4-13-5-6-16-12-8-10(14-2)7-11(9-12)15-3/h7-9,13H,4-6H2,1-3H3. The number of hydrogen-bond donors (Lipinski definition) is 1. The molecule has 0 aliphatic carbocycles. The van der Waals surface area contributed by atoms with Crippen molar-refractivity contribution in [2.75, 3.05) is 33.9 Å². The van der Waals surface area contributed by atoms with Crippen molar-refractivity contribution in [1.29, 1.82) is 0 Å². The number of ether oxygens (including phenoxy) is 3. The average Bonchev–Trinajstić information content (AvgIpc) is 2.34. The highest BCUT2D eigenvalue weighted by molar-refractivity contribution is 5.41. The lowest BCUT2D eigenvalue weighted by molar-refractivity contribution is 0.309. The van der Waals surface area contributed by atoms with Crippen LogP contribution in [-0.2, 0) is 0 Å². The summed E-state index contributed by atoms with van der Waals surface area (Å²) in [6.07, 6.45) is 0. The van der Waals surface area contributed by atoms with Crippen LogP contribution in [0.5, 0.6) is 17.2 Å². The number of hydrogen-bond acceptors (Lipinski definition) is 4. The molecule has 1 aromatic rings. The van der Waals surface area contributed by atoms with Gasteiger partial charge in [-0.15, -0.1) is 0 Å². The van der Waals surface area contributed by atoms with Gasteiger partial charge in [0.25, 0.3) is 0 Å². The van der Waals surface area contributed by atoms with Gasteiger partial charge in [0.05, 0.1) is 14.2 Å². The highest BCUT2D eigenvalue weighted by atomic mass is 16.5. The van der Waals surface area contributed by atoms with Crippen LogP contribution in [0.15, 0.2) is 18.2 Å². The van der Waals surface area contributed by atoms with Crippen LogP contribution in [-0.4, -0.2) is 33.9 Å². The molecule has 90 valence electrons. The van der Waals surface area contributed by atoms with Gasteiger partial charge >= 0.3 is 0 Å². The van der Waals surface area contributed by atoms with Crippen molar-refractivity contribution >= 4 is 0 Å². The Bertz CT molecular complexity index is 293. The minimum atomic E-state index is 0.629. The molecule has 0 radical (unpaired) electrons. The van der Waals surface area contributed by atoms with Gasteiger partial charge < -0.3 is 19.5 Å². The Morgan fingerprint density at radius 1 is 1.00 bits per heavy atom. The minimum absolute atomic E-state index is 0.629. The van der Waals surface area contributed by atoms with Crippen molar-refractivity contribution in [3.05, 3.63) is 18.2 Å². The third-order valence-corrected chi connectivity index (χ3v) is 2.12. The highest BCUT2D eigenvalue weighted by Crippen LogP contribution is 2.27. The fourth-order valence-corrected chi connectivity index (χ4v) is 1.28. The van der Waals surface area contributed by atoms with Gasteiger partial charge in [0, 0.05) is 24.7 Å². The smallest absolute Gasteiger partial charge is 0.126 e. The maximum absolute atomic E-state index is 5.57. The summed E-state index contributed by atoms with van der Waals surface area (Å²) in [5.74, 6) is 2.23. The van der Waals surface area contributed by atoms with Crippen LogP contribution < -0.4 is 19.5 Å². The number of rotatable bonds is 7. The Hall–Kier alpha value is -1.42. The molecule has 0 bridgehead atoms. The van der Waals surface area contributed by atoms with Crippen LogP contribution in [0.2, 0.25) is 0 Å². The van der Waals surface area contributed by atoms with E-state index in [1.54, 1.807) is 14.2 Å². The first-order chi connectivity index (χ1) is 7.80. The first-order valence-electron chi connectivity index (χ1n) is 5.36. The van der Waals surface area contributed by atoms with E-state index < -0.39 is 0 Å². The molecule has 1 rings (SSSR count). The molecule has 0 fully saturated rings. The number of methoxy groups -OCH3 is 2. The maximum atomic E-state index is 5.57. The number of benzene rings is 1. The van der Waals surface area contributed by atoms with E-state index >= 15 is 0 Å². The lowest BCUT2D eigenvalue weighted by Gasteiger charge is -2.10. The SMILES string of the molecule is CCNCCOc1cc(OC)cc(OC)c1. The fraction of sp³-hybridized carbons (Fsp3) is 0.500. The summed E-state index contributed by atoms with van der Waals surface area (Å²) < 4.78 is 15.9. The van der Waals surface area contributed by atoms with E-state index in [-0.39, 0.29) is 0 Å². The zero-order valence-corrected chi connectivity index (χ0v) is 10.1. The Kier molecular flexibility index (Phi) is 5.50. The summed E-state index contributed by atoms with van der Waals surface area (Å²) in [7, 11) is 3.24. The van der Waals surface area contributed by atoms with E-state index in [9.17, 15) is 0 Å². The van der Waals surface area contributed by atoms with Gasteiger partial charge in [-0.1, -0.05) is 6.92 Å². The molecule has 16 heavy (non-hydrogen) atoms. The monoisotopic (exact) mass is 225 g/mol. The number of likely N-dealkylation sites (N-methyl/N-ethyl adjacent to an activating group) is 1. The van der Waals surface area contributed by atoms with Crippen molar-refractivity contribution in [3.8, 4) is 17.2 Å². The molecule has 4 nitrogen and oxygen atoms in total. The summed E-state index contributed by atoms with van der Waals surface area (Å²) in [6.45, 7) is 4.47. The minimum Gasteiger partial charge on any atom is -0.496 e. The topological polar surface area (TPSA) is 39.7 Å². The lowest BCUT2D eigenvalue weighted by atomic mass is 10.3. The van der Waals surface area contributed by atoms with Gasteiger partial charge in [-0.05, 0) is 6.54 Å². The second kappa shape index (κ2) is 6.95. The van der Waals surface area contributed by atoms with E-state index in [1.807, 2.05) is 18.2 Å². The van der Waals surface area contributed by atoms with E-state index in [0.717, 1.165) is 30.3 Å². The molecule has 0 saturated heterocycles. The van der Waals surface area contributed by atoms with Crippen LogP contribution in [0, 0.1) is 0 Å². The predicted molar refractivity (Wildman–Crippen MR) is 63.6 cm³/mol. The zero-order valence-electron chi connectivity index (χ0n) is 10.1. The molecule has 0 aliphatic heterocycles. The summed E-state index contributed by atoms with van der Waals surface area (Å²) >= 11 is 0. The van der Waals surface area contributed by atoms with Crippen molar-refractivity contribution in [3.63, 3.8) is 0 Å². The van der Waals surface area contributed by atoms with Crippen molar-refractivity contribution in [1.82, 2.24) is 5.32 Å². The third kappa shape index (κ3) is 3.98. The van der Waals surface area contributed by atoms with Gasteiger partial charge in [0.1, 0.15) is 23.9 Å². The molecular formula is C12H19NO3. The Morgan fingerprint density at radius 2 is 1.56 bits per heavy atom. The number of nitrogens with one attached hydrogen (secondary N) is 1. The van der Waals surface area contributed by atoms with E-state index in [1.165, 1.54) is 0 Å². The summed E-state index contributed by atoms with van der Waals surface area (Å²) in [5.41, 5.74) is 0.